The summed E-state index contributed by atoms with van der Waals surface area (Å²) in [5.41, 5.74) is 1.83. The first-order chi connectivity index (χ1) is 9.33. The van der Waals surface area contributed by atoms with Crippen molar-refractivity contribution >= 4 is 38.3 Å². The highest BCUT2D eigenvalue weighted by molar-refractivity contribution is 7.22. The zero-order valence-corrected chi connectivity index (χ0v) is 10.9. The number of nitrogens with zero attached hydrogens (tertiary/aromatic N) is 3. The fourth-order valence-electron chi connectivity index (χ4n) is 2.39. The molecule has 1 fully saturated rings. The monoisotopic (exact) mass is 273 g/mol. The van der Waals surface area contributed by atoms with E-state index in [1.807, 2.05) is 24.3 Å². The summed E-state index contributed by atoms with van der Waals surface area (Å²) in [6, 6.07) is 7.85. The van der Waals surface area contributed by atoms with Crippen LogP contribution in [0.15, 0.2) is 29.4 Å². The predicted octanol–water partition coefficient (Wildman–Crippen LogP) is 2.04. The third-order valence-electron chi connectivity index (χ3n) is 3.39. The second-order valence-corrected chi connectivity index (χ2v) is 5.59. The summed E-state index contributed by atoms with van der Waals surface area (Å²) in [5.74, 6) is -0.227. The van der Waals surface area contributed by atoms with Crippen LogP contribution in [0.2, 0.25) is 0 Å². The van der Waals surface area contributed by atoms with E-state index in [2.05, 4.69) is 10.1 Å². The summed E-state index contributed by atoms with van der Waals surface area (Å²) >= 11 is 1.49. The number of ether oxygens (including phenoxy) is 1. The molecule has 1 aromatic carbocycles. The number of fused-ring (bicyclic) bond motifs is 2. The SMILES string of the molecule is O=C1C2COCCC2=NN1c1nc2ccccc2s1. The van der Waals surface area contributed by atoms with Crippen LogP contribution in [0.5, 0.6) is 0 Å². The predicted molar refractivity (Wildman–Crippen MR) is 73.5 cm³/mol. The van der Waals surface area contributed by atoms with Crippen LogP contribution in [0.4, 0.5) is 5.13 Å². The molecule has 0 spiro atoms. The molecular formula is C13H11N3O2S. The zero-order chi connectivity index (χ0) is 12.8. The Balaban J connectivity index is 1.76. The van der Waals surface area contributed by atoms with Gasteiger partial charge in [0.25, 0.3) is 5.91 Å². The number of hydrogen-bond donors (Lipinski definition) is 0. The zero-order valence-electron chi connectivity index (χ0n) is 10.1. The maximum Gasteiger partial charge on any atom is 0.260 e. The second-order valence-electron chi connectivity index (χ2n) is 4.58. The highest BCUT2D eigenvalue weighted by Gasteiger charge is 2.39. The first kappa shape index (κ1) is 11.1. The van der Waals surface area contributed by atoms with Gasteiger partial charge in [0, 0.05) is 6.42 Å². The van der Waals surface area contributed by atoms with Crippen LogP contribution in [0.1, 0.15) is 6.42 Å². The van der Waals surface area contributed by atoms with Crippen molar-refractivity contribution in [2.75, 3.05) is 18.2 Å². The van der Waals surface area contributed by atoms with E-state index in [9.17, 15) is 4.79 Å². The summed E-state index contributed by atoms with van der Waals surface area (Å²) in [6.07, 6.45) is 0.734. The molecule has 0 N–H and O–H groups in total. The smallest absolute Gasteiger partial charge is 0.260 e. The molecule has 2 aliphatic rings. The number of benzene rings is 1. The van der Waals surface area contributed by atoms with Crippen LogP contribution in [0, 0.1) is 5.92 Å². The number of amides is 1. The quantitative estimate of drug-likeness (QED) is 0.799. The van der Waals surface area contributed by atoms with Crippen molar-refractivity contribution in [3.63, 3.8) is 0 Å². The highest BCUT2D eigenvalue weighted by atomic mass is 32.1. The maximum atomic E-state index is 12.3. The third-order valence-corrected chi connectivity index (χ3v) is 4.40. The number of hydrazone groups is 1. The molecule has 1 aromatic heterocycles. The Labute approximate surface area is 113 Å². The van der Waals surface area contributed by atoms with Gasteiger partial charge < -0.3 is 4.74 Å². The molecule has 2 aromatic rings. The number of anilines is 1. The van der Waals surface area contributed by atoms with Gasteiger partial charge in [-0.2, -0.15) is 10.1 Å². The fraction of sp³-hybridized carbons (Fsp3) is 0.308. The summed E-state index contributed by atoms with van der Waals surface area (Å²) in [6.45, 7) is 1.09. The van der Waals surface area contributed by atoms with E-state index < -0.39 is 0 Å². The number of aromatic nitrogens is 1. The lowest BCUT2D eigenvalue weighted by Gasteiger charge is -2.16. The lowest BCUT2D eigenvalue weighted by Crippen LogP contribution is -2.33. The van der Waals surface area contributed by atoms with Gasteiger partial charge in [-0.25, -0.2) is 4.98 Å². The molecule has 1 unspecified atom stereocenters. The standard InChI is InChI=1S/C13H11N3O2S/c17-12-8-7-18-6-5-9(8)15-16(12)13-14-10-3-1-2-4-11(10)19-13/h1-4,8H,5-7H2. The molecule has 96 valence electrons. The molecule has 5 nitrogen and oxygen atoms in total. The lowest BCUT2D eigenvalue weighted by molar-refractivity contribution is -0.121. The highest BCUT2D eigenvalue weighted by Crippen LogP contribution is 2.33. The average molecular weight is 273 g/mol. The van der Waals surface area contributed by atoms with Gasteiger partial charge in [0.05, 0.1) is 29.1 Å². The van der Waals surface area contributed by atoms with Crippen molar-refractivity contribution in [1.29, 1.82) is 0 Å². The van der Waals surface area contributed by atoms with Crippen molar-refractivity contribution < 1.29 is 9.53 Å². The minimum atomic E-state index is -0.208. The van der Waals surface area contributed by atoms with Crippen LogP contribution in [0.25, 0.3) is 10.2 Å². The van der Waals surface area contributed by atoms with Crippen LogP contribution in [0.3, 0.4) is 0 Å². The number of thiazole rings is 1. The molecule has 4 rings (SSSR count). The topological polar surface area (TPSA) is 54.8 Å². The molecule has 19 heavy (non-hydrogen) atoms. The van der Waals surface area contributed by atoms with Gasteiger partial charge in [0.2, 0.25) is 5.13 Å². The third kappa shape index (κ3) is 1.67. The minimum absolute atomic E-state index is 0.0197. The number of para-hydroxylation sites is 1. The Morgan fingerprint density at radius 3 is 3.11 bits per heavy atom. The fourth-order valence-corrected chi connectivity index (χ4v) is 3.32. The Morgan fingerprint density at radius 2 is 2.26 bits per heavy atom. The molecule has 3 heterocycles. The Hall–Kier alpha value is -1.79. The van der Waals surface area contributed by atoms with Gasteiger partial charge in [-0.3, -0.25) is 4.79 Å². The number of carbonyl (C=O) groups excluding carboxylic acids is 1. The first-order valence-electron chi connectivity index (χ1n) is 6.17. The van der Waals surface area contributed by atoms with Gasteiger partial charge in [0.1, 0.15) is 5.92 Å². The van der Waals surface area contributed by atoms with Crippen molar-refractivity contribution in [2.45, 2.75) is 6.42 Å². The van der Waals surface area contributed by atoms with Gasteiger partial charge in [0.15, 0.2) is 0 Å². The normalized spacial score (nSPS) is 22.7. The maximum absolute atomic E-state index is 12.3. The van der Waals surface area contributed by atoms with Crippen molar-refractivity contribution in [1.82, 2.24) is 4.98 Å². The molecule has 1 amide bonds. The summed E-state index contributed by atoms with van der Waals surface area (Å²) in [7, 11) is 0. The number of hydrogen-bond acceptors (Lipinski definition) is 5. The molecule has 0 saturated carbocycles. The largest absolute Gasteiger partial charge is 0.380 e. The summed E-state index contributed by atoms with van der Waals surface area (Å²) in [4.78, 5) is 16.8. The van der Waals surface area contributed by atoms with Crippen LogP contribution < -0.4 is 5.01 Å². The van der Waals surface area contributed by atoms with Gasteiger partial charge in [-0.05, 0) is 12.1 Å². The summed E-state index contributed by atoms with van der Waals surface area (Å²) < 4.78 is 6.42. The number of carbonyl (C=O) groups is 1. The van der Waals surface area contributed by atoms with Gasteiger partial charge >= 0.3 is 0 Å². The molecular weight excluding hydrogens is 262 g/mol. The minimum Gasteiger partial charge on any atom is -0.380 e. The van der Waals surface area contributed by atoms with Crippen molar-refractivity contribution in [3.05, 3.63) is 24.3 Å². The molecule has 1 atom stereocenters. The molecule has 0 aliphatic carbocycles. The van der Waals surface area contributed by atoms with E-state index in [4.69, 9.17) is 4.74 Å². The van der Waals surface area contributed by atoms with Gasteiger partial charge in [-0.1, -0.05) is 23.5 Å². The first-order valence-corrected chi connectivity index (χ1v) is 6.99. The van der Waals surface area contributed by atoms with Crippen LogP contribution in [-0.2, 0) is 9.53 Å². The van der Waals surface area contributed by atoms with E-state index in [1.54, 1.807) is 0 Å². The Bertz CT molecular complexity index is 661. The van der Waals surface area contributed by atoms with Crippen LogP contribution in [-0.4, -0.2) is 29.8 Å². The van der Waals surface area contributed by atoms with Crippen LogP contribution >= 0.6 is 11.3 Å². The van der Waals surface area contributed by atoms with Gasteiger partial charge in [-0.15, -0.1) is 0 Å². The van der Waals surface area contributed by atoms with E-state index in [0.717, 1.165) is 22.3 Å². The second kappa shape index (κ2) is 4.11. The molecule has 6 heteroatoms. The van der Waals surface area contributed by atoms with E-state index >= 15 is 0 Å². The molecule has 0 radical (unpaired) electrons. The summed E-state index contributed by atoms with van der Waals surface area (Å²) in [5, 5.41) is 6.52. The lowest BCUT2D eigenvalue weighted by atomic mass is 10.0. The Morgan fingerprint density at radius 1 is 1.37 bits per heavy atom. The van der Waals surface area contributed by atoms with Crippen molar-refractivity contribution in [3.8, 4) is 0 Å². The molecule has 2 aliphatic heterocycles. The van der Waals surface area contributed by atoms with E-state index in [1.165, 1.54) is 16.3 Å². The van der Waals surface area contributed by atoms with Crippen molar-refractivity contribution in [2.24, 2.45) is 11.0 Å². The average Bonchev–Trinajstić information content (AvgIpc) is 3.00. The Kier molecular flexibility index (Phi) is 2.39. The van der Waals surface area contributed by atoms with E-state index in [0.29, 0.717) is 18.3 Å². The van der Waals surface area contributed by atoms with E-state index in [-0.39, 0.29) is 11.8 Å². The molecule has 1 saturated heterocycles. The molecule has 0 bridgehead atoms. The number of rotatable bonds is 1.